The third kappa shape index (κ3) is 2.40. The summed E-state index contributed by atoms with van der Waals surface area (Å²) in [5, 5.41) is 0. The van der Waals surface area contributed by atoms with E-state index in [1.54, 1.807) is 25.1 Å². The number of benzene rings is 1. The number of nitrogens with zero attached hydrogens (tertiary/aromatic N) is 1. The second-order valence-electron chi connectivity index (χ2n) is 4.21. The summed E-state index contributed by atoms with van der Waals surface area (Å²) in [6, 6.07) is 6.92. The highest BCUT2D eigenvalue weighted by Gasteiger charge is 2.29. The molecule has 0 unspecified atom stereocenters. The van der Waals surface area contributed by atoms with E-state index in [1.807, 2.05) is 6.07 Å². The van der Waals surface area contributed by atoms with Crippen molar-refractivity contribution in [3.63, 3.8) is 0 Å². The van der Waals surface area contributed by atoms with Crippen molar-refractivity contribution in [2.45, 2.75) is 24.7 Å². The van der Waals surface area contributed by atoms with E-state index in [0.29, 0.717) is 30.8 Å². The molecule has 2 rings (SSSR count). The normalized spacial score (nSPS) is 18.3. The first-order chi connectivity index (χ1) is 8.01. The third-order valence-corrected chi connectivity index (χ3v) is 5.05. The second-order valence-corrected chi connectivity index (χ2v) is 6.11. The Morgan fingerprint density at radius 2 is 1.71 bits per heavy atom. The summed E-state index contributed by atoms with van der Waals surface area (Å²) in [4.78, 5) is 11.5. The van der Waals surface area contributed by atoms with Crippen molar-refractivity contribution in [2.75, 3.05) is 13.1 Å². The quantitative estimate of drug-likeness (QED) is 0.799. The topological polar surface area (TPSA) is 54.5 Å². The van der Waals surface area contributed by atoms with E-state index >= 15 is 0 Å². The van der Waals surface area contributed by atoms with Gasteiger partial charge < -0.3 is 0 Å². The van der Waals surface area contributed by atoms with Crippen LogP contribution in [0.3, 0.4) is 0 Å². The number of carbonyl (C=O) groups excluding carboxylic acids is 1. The number of Topliss-reactive ketones (excluding diaryl/α,β-unsaturated/α-hetero) is 1. The highest BCUT2D eigenvalue weighted by molar-refractivity contribution is 7.89. The van der Waals surface area contributed by atoms with Gasteiger partial charge in [-0.25, -0.2) is 8.42 Å². The number of rotatable bonds is 2. The standard InChI is InChI=1S/C12H15NO3S/c1-10-4-2-3-5-12(10)17(15,16)13-8-6-11(14)7-9-13/h2-5H,6-9H2,1H3. The van der Waals surface area contributed by atoms with E-state index in [9.17, 15) is 13.2 Å². The minimum absolute atomic E-state index is 0.140. The smallest absolute Gasteiger partial charge is 0.243 e. The molecule has 0 N–H and O–H groups in total. The number of aryl methyl sites for hydroxylation is 1. The van der Waals surface area contributed by atoms with Crippen molar-refractivity contribution in [3.8, 4) is 0 Å². The van der Waals surface area contributed by atoms with Crippen LogP contribution in [-0.2, 0) is 14.8 Å². The lowest BCUT2D eigenvalue weighted by atomic mass is 10.1. The molecule has 0 aromatic heterocycles. The molecule has 17 heavy (non-hydrogen) atoms. The van der Waals surface area contributed by atoms with Crippen LogP contribution in [0.25, 0.3) is 0 Å². The number of hydrogen-bond acceptors (Lipinski definition) is 3. The highest BCUT2D eigenvalue weighted by Crippen LogP contribution is 2.21. The van der Waals surface area contributed by atoms with Crippen molar-refractivity contribution < 1.29 is 13.2 Å². The molecule has 92 valence electrons. The third-order valence-electron chi connectivity index (χ3n) is 2.99. The molecule has 0 saturated carbocycles. The van der Waals surface area contributed by atoms with Crippen molar-refractivity contribution in [3.05, 3.63) is 29.8 Å². The second kappa shape index (κ2) is 4.58. The van der Waals surface area contributed by atoms with Gasteiger partial charge in [0.1, 0.15) is 5.78 Å². The fourth-order valence-corrected chi connectivity index (χ4v) is 3.63. The first kappa shape index (κ1) is 12.3. The molecule has 1 aromatic carbocycles. The van der Waals surface area contributed by atoms with Gasteiger partial charge in [0.15, 0.2) is 0 Å². The van der Waals surface area contributed by atoms with Gasteiger partial charge in [-0.1, -0.05) is 18.2 Å². The molecule has 0 spiro atoms. The predicted octanol–water partition coefficient (Wildman–Crippen LogP) is 1.35. The van der Waals surface area contributed by atoms with Crippen LogP contribution in [0.15, 0.2) is 29.2 Å². The zero-order chi connectivity index (χ0) is 12.5. The van der Waals surface area contributed by atoms with Crippen LogP contribution < -0.4 is 0 Å². The van der Waals surface area contributed by atoms with E-state index < -0.39 is 10.0 Å². The van der Waals surface area contributed by atoms with Gasteiger partial charge in [0.05, 0.1) is 4.90 Å². The van der Waals surface area contributed by atoms with Crippen molar-refractivity contribution in [1.29, 1.82) is 0 Å². The molecule has 0 amide bonds. The Morgan fingerprint density at radius 1 is 1.12 bits per heavy atom. The van der Waals surface area contributed by atoms with Crippen LogP contribution in [0.2, 0.25) is 0 Å². The van der Waals surface area contributed by atoms with Gasteiger partial charge in [-0.2, -0.15) is 4.31 Å². The van der Waals surface area contributed by atoms with Gasteiger partial charge >= 0.3 is 0 Å². The Hall–Kier alpha value is -1.20. The molecule has 5 heteroatoms. The molecule has 0 atom stereocenters. The number of piperidine rings is 1. The lowest BCUT2D eigenvalue weighted by Crippen LogP contribution is -2.38. The molecule has 1 aliphatic heterocycles. The molecule has 0 bridgehead atoms. The average Bonchev–Trinajstić information content (AvgIpc) is 2.30. The minimum atomic E-state index is -3.44. The Labute approximate surface area is 101 Å². The number of hydrogen-bond donors (Lipinski definition) is 0. The Bertz CT molecular complexity index is 526. The first-order valence-corrected chi connectivity index (χ1v) is 7.03. The van der Waals surface area contributed by atoms with E-state index in [0.717, 1.165) is 5.56 Å². The van der Waals surface area contributed by atoms with Crippen LogP contribution in [0.1, 0.15) is 18.4 Å². The maximum absolute atomic E-state index is 12.3. The van der Waals surface area contributed by atoms with E-state index in [4.69, 9.17) is 0 Å². The molecular formula is C12H15NO3S. The van der Waals surface area contributed by atoms with Crippen molar-refractivity contribution in [2.24, 2.45) is 0 Å². The van der Waals surface area contributed by atoms with E-state index in [2.05, 4.69) is 0 Å². The molecule has 1 aromatic rings. The fourth-order valence-electron chi connectivity index (χ4n) is 1.96. The highest BCUT2D eigenvalue weighted by atomic mass is 32.2. The number of ketones is 1. The summed E-state index contributed by atoms with van der Waals surface area (Å²) in [7, 11) is -3.44. The fraction of sp³-hybridized carbons (Fsp3) is 0.417. The molecule has 4 nitrogen and oxygen atoms in total. The lowest BCUT2D eigenvalue weighted by Gasteiger charge is -2.25. The molecule has 1 aliphatic rings. The van der Waals surface area contributed by atoms with E-state index in [1.165, 1.54) is 4.31 Å². The summed E-state index contributed by atoms with van der Waals surface area (Å²) < 4.78 is 26.1. The summed E-state index contributed by atoms with van der Waals surface area (Å²) in [6.07, 6.45) is 0.649. The summed E-state index contributed by atoms with van der Waals surface area (Å²) >= 11 is 0. The Morgan fingerprint density at radius 3 is 2.29 bits per heavy atom. The first-order valence-electron chi connectivity index (χ1n) is 5.59. The monoisotopic (exact) mass is 253 g/mol. The largest absolute Gasteiger partial charge is 0.300 e. The maximum atomic E-state index is 12.3. The SMILES string of the molecule is Cc1ccccc1S(=O)(=O)N1CCC(=O)CC1. The Kier molecular flexibility index (Phi) is 3.31. The van der Waals surface area contributed by atoms with Gasteiger partial charge in [-0.3, -0.25) is 4.79 Å². The average molecular weight is 253 g/mol. The summed E-state index contributed by atoms with van der Waals surface area (Å²) in [5.74, 6) is 0.140. The molecular weight excluding hydrogens is 238 g/mol. The molecule has 0 radical (unpaired) electrons. The van der Waals surface area contributed by atoms with Gasteiger partial charge in [-0.15, -0.1) is 0 Å². The summed E-state index contributed by atoms with van der Waals surface area (Å²) in [6.45, 7) is 2.38. The minimum Gasteiger partial charge on any atom is -0.300 e. The number of carbonyl (C=O) groups is 1. The zero-order valence-electron chi connectivity index (χ0n) is 9.72. The molecule has 1 fully saturated rings. The van der Waals surface area contributed by atoms with Crippen molar-refractivity contribution in [1.82, 2.24) is 4.31 Å². The van der Waals surface area contributed by atoms with Gasteiger partial charge in [0.25, 0.3) is 0 Å². The maximum Gasteiger partial charge on any atom is 0.243 e. The zero-order valence-corrected chi connectivity index (χ0v) is 10.5. The van der Waals surface area contributed by atoms with Crippen LogP contribution >= 0.6 is 0 Å². The molecule has 1 saturated heterocycles. The van der Waals surface area contributed by atoms with Crippen LogP contribution in [0.4, 0.5) is 0 Å². The van der Waals surface area contributed by atoms with Crippen LogP contribution in [-0.4, -0.2) is 31.6 Å². The summed E-state index contributed by atoms with van der Waals surface area (Å²) in [5.41, 5.74) is 0.740. The molecule has 0 aliphatic carbocycles. The van der Waals surface area contributed by atoms with E-state index in [-0.39, 0.29) is 5.78 Å². The van der Waals surface area contributed by atoms with Gasteiger partial charge in [-0.05, 0) is 18.6 Å². The lowest BCUT2D eigenvalue weighted by molar-refractivity contribution is -0.120. The predicted molar refractivity (Wildman–Crippen MR) is 64.2 cm³/mol. The van der Waals surface area contributed by atoms with Crippen LogP contribution in [0.5, 0.6) is 0 Å². The molecule has 1 heterocycles. The van der Waals surface area contributed by atoms with Crippen LogP contribution in [0, 0.1) is 6.92 Å². The Balaban J connectivity index is 2.31. The van der Waals surface area contributed by atoms with Gasteiger partial charge in [0.2, 0.25) is 10.0 Å². The number of sulfonamides is 1. The van der Waals surface area contributed by atoms with Crippen molar-refractivity contribution >= 4 is 15.8 Å². The van der Waals surface area contributed by atoms with Gasteiger partial charge in [0, 0.05) is 25.9 Å².